The fraction of sp³-hybridized carbons (Fsp3) is 0.400. The number of carbonyl (C=O) groups is 1. The molecule has 0 aromatic carbocycles. The van der Waals surface area contributed by atoms with Gasteiger partial charge >= 0.3 is 0 Å². The van der Waals surface area contributed by atoms with Crippen LogP contribution in [-0.4, -0.2) is 37.7 Å². The minimum absolute atomic E-state index is 0.112. The molecule has 0 saturated heterocycles. The summed E-state index contributed by atoms with van der Waals surface area (Å²) in [7, 11) is 1.58. The third kappa shape index (κ3) is 4.95. The maximum Gasteiger partial charge on any atom is 0.239 e. The number of hydrogen-bond acceptors (Lipinski definition) is 4. The van der Waals surface area contributed by atoms with E-state index in [1.165, 1.54) is 0 Å². The minimum Gasteiger partial charge on any atom is -0.383 e. The Bertz CT molecular complexity index is 347. The fourth-order valence-corrected chi connectivity index (χ4v) is 1.20. The van der Waals surface area contributed by atoms with Crippen LogP contribution in [0.15, 0.2) is 18.2 Å². The van der Waals surface area contributed by atoms with E-state index >= 15 is 0 Å². The highest BCUT2D eigenvalue weighted by atomic mass is 35.5. The van der Waals surface area contributed by atoms with Gasteiger partial charge < -0.3 is 15.4 Å². The number of aromatic nitrogens is 1. The zero-order chi connectivity index (χ0) is 11.8. The quantitative estimate of drug-likeness (QED) is 0.576. The lowest BCUT2D eigenvalue weighted by molar-refractivity contribution is -0.119. The predicted molar refractivity (Wildman–Crippen MR) is 62.6 cm³/mol. The molecule has 0 radical (unpaired) electrons. The molecule has 5 nitrogen and oxygen atoms in total. The second-order valence-corrected chi connectivity index (χ2v) is 3.43. The molecule has 0 bridgehead atoms. The van der Waals surface area contributed by atoms with E-state index < -0.39 is 0 Å². The van der Waals surface area contributed by atoms with Crippen molar-refractivity contribution in [1.29, 1.82) is 0 Å². The number of nitrogens with zero attached hydrogens (tertiary/aromatic N) is 1. The third-order valence-electron chi connectivity index (χ3n) is 1.77. The van der Waals surface area contributed by atoms with Crippen LogP contribution in [0.3, 0.4) is 0 Å². The first-order valence-corrected chi connectivity index (χ1v) is 5.22. The van der Waals surface area contributed by atoms with Crippen LogP contribution in [0.2, 0.25) is 5.15 Å². The molecule has 88 valence electrons. The molecule has 0 unspecified atom stereocenters. The monoisotopic (exact) mass is 243 g/mol. The van der Waals surface area contributed by atoms with Gasteiger partial charge in [0, 0.05) is 13.7 Å². The van der Waals surface area contributed by atoms with Gasteiger partial charge in [-0.15, -0.1) is 0 Å². The van der Waals surface area contributed by atoms with Gasteiger partial charge in [0.05, 0.1) is 13.2 Å². The lowest BCUT2D eigenvalue weighted by Crippen LogP contribution is -2.32. The average Bonchev–Trinajstić information content (AvgIpc) is 2.27. The molecule has 0 atom stereocenters. The van der Waals surface area contributed by atoms with Crippen LogP contribution in [0, 0.1) is 0 Å². The smallest absolute Gasteiger partial charge is 0.239 e. The molecular weight excluding hydrogens is 230 g/mol. The van der Waals surface area contributed by atoms with Gasteiger partial charge in [0.15, 0.2) is 0 Å². The van der Waals surface area contributed by atoms with Crippen LogP contribution >= 0.6 is 11.6 Å². The maximum absolute atomic E-state index is 11.3. The molecule has 6 heteroatoms. The first-order valence-electron chi connectivity index (χ1n) is 4.84. The van der Waals surface area contributed by atoms with Crippen LogP contribution in [-0.2, 0) is 9.53 Å². The molecule has 2 N–H and O–H groups in total. The largest absolute Gasteiger partial charge is 0.383 e. The lowest BCUT2D eigenvalue weighted by Gasteiger charge is -2.06. The summed E-state index contributed by atoms with van der Waals surface area (Å²) in [6.07, 6.45) is 0. The number of halogens is 1. The van der Waals surface area contributed by atoms with Crippen molar-refractivity contribution in [3.05, 3.63) is 23.4 Å². The number of pyridine rings is 1. The van der Waals surface area contributed by atoms with Gasteiger partial charge in [0.2, 0.25) is 5.91 Å². The SMILES string of the molecule is COCCNC(=O)CNc1cccc(Cl)n1. The van der Waals surface area contributed by atoms with E-state index in [0.29, 0.717) is 24.1 Å². The molecule has 0 fully saturated rings. The Hall–Kier alpha value is -1.33. The summed E-state index contributed by atoms with van der Waals surface area (Å²) >= 11 is 5.69. The fourth-order valence-electron chi connectivity index (χ4n) is 1.03. The number of nitrogens with one attached hydrogen (secondary N) is 2. The van der Waals surface area contributed by atoms with E-state index in [4.69, 9.17) is 16.3 Å². The van der Waals surface area contributed by atoms with Crippen LogP contribution in [0.5, 0.6) is 0 Å². The number of hydrogen-bond donors (Lipinski definition) is 2. The second-order valence-electron chi connectivity index (χ2n) is 3.04. The number of methoxy groups -OCH3 is 1. The van der Waals surface area contributed by atoms with E-state index in [-0.39, 0.29) is 12.5 Å². The van der Waals surface area contributed by atoms with Crippen molar-refractivity contribution in [2.24, 2.45) is 0 Å². The topological polar surface area (TPSA) is 63.2 Å². The van der Waals surface area contributed by atoms with Gasteiger partial charge in [-0.25, -0.2) is 4.98 Å². The molecular formula is C10H14ClN3O2. The van der Waals surface area contributed by atoms with E-state index in [1.807, 2.05) is 0 Å². The highest BCUT2D eigenvalue weighted by Gasteiger charge is 2.00. The van der Waals surface area contributed by atoms with Gasteiger partial charge in [0.1, 0.15) is 11.0 Å². The van der Waals surface area contributed by atoms with Crippen LogP contribution in [0.1, 0.15) is 0 Å². The Balaban J connectivity index is 2.26. The first-order chi connectivity index (χ1) is 7.72. The molecule has 1 amide bonds. The van der Waals surface area contributed by atoms with Gasteiger partial charge in [-0.3, -0.25) is 4.79 Å². The van der Waals surface area contributed by atoms with Crippen molar-refractivity contribution < 1.29 is 9.53 Å². The van der Waals surface area contributed by atoms with Crippen molar-refractivity contribution in [2.45, 2.75) is 0 Å². The Kier molecular flexibility index (Phi) is 5.60. The maximum atomic E-state index is 11.3. The molecule has 0 spiro atoms. The van der Waals surface area contributed by atoms with Crippen molar-refractivity contribution in [3.63, 3.8) is 0 Å². The summed E-state index contributed by atoms with van der Waals surface area (Å²) in [5.74, 6) is 0.466. The average molecular weight is 244 g/mol. The number of ether oxygens (including phenoxy) is 1. The summed E-state index contributed by atoms with van der Waals surface area (Å²) < 4.78 is 4.81. The van der Waals surface area contributed by atoms with Gasteiger partial charge in [-0.05, 0) is 12.1 Å². The lowest BCUT2D eigenvalue weighted by atomic mass is 10.4. The minimum atomic E-state index is -0.112. The summed E-state index contributed by atoms with van der Waals surface area (Å²) in [6.45, 7) is 1.16. The number of amides is 1. The second kappa shape index (κ2) is 7.03. The van der Waals surface area contributed by atoms with E-state index in [0.717, 1.165) is 0 Å². The van der Waals surface area contributed by atoms with Crippen molar-refractivity contribution in [2.75, 3.05) is 32.1 Å². The van der Waals surface area contributed by atoms with Gasteiger partial charge in [-0.2, -0.15) is 0 Å². The van der Waals surface area contributed by atoms with E-state index in [2.05, 4.69) is 15.6 Å². The molecule has 0 aliphatic rings. The van der Waals surface area contributed by atoms with Crippen molar-refractivity contribution >= 4 is 23.3 Å². The Morgan fingerprint density at radius 3 is 3.06 bits per heavy atom. The Labute approximate surface area is 99.2 Å². The number of rotatable bonds is 6. The number of carbonyl (C=O) groups excluding carboxylic acids is 1. The molecule has 1 aromatic rings. The van der Waals surface area contributed by atoms with Gasteiger partial charge in [-0.1, -0.05) is 17.7 Å². The molecule has 0 saturated carbocycles. The van der Waals surface area contributed by atoms with Crippen molar-refractivity contribution in [1.82, 2.24) is 10.3 Å². The Morgan fingerprint density at radius 1 is 1.56 bits per heavy atom. The Morgan fingerprint density at radius 2 is 2.38 bits per heavy atom. The van der Waals surface area contributed by atoms with Crippen molar-refractivity contribution in [3.8, 4) is 0 Å². The zero-order valence-electron chi connectivity index (χ0n) is 9.00. The van der Waals surface area contributed by atoms with Crippen LogP contribution < -0.4 is 10.6 Å². The van der Waals surface area contributed by atoms with E-state index in [9.17, 15) is 4.79 Å². The summed E-state index contributed by atoms with van der Waals surface area (Å²) in [5, 5.41) is 5.94. The molecule has 1 heterocycles. The normalized spacial score (nSPS) is 9.88. The van der Waals surface area contributed by atoms with Crippen LogP contribution in [0.4, 0.5) is 5.82 Å². The third-order valence-corrected chi connectivity index (χ3v) is 1.98. The molecule has 0 aliphatic carbocycles. The van der Waals surface area contributed by atoms with Crippen LogP contribution in [0.25, 0.3) is 0 Å². The van der Waals surface area contributed by atoms with Gasteiger partial charge in [0.25, 0.3) is 0 Å². The molecule has 16 heavy (non-hydrogen) atoms. The van der Waals surface area contributed by atoms with E-state index in [1.54, 1.807) is 25.3 Å². The molecule has 1 aromatic heterocycles. The summed E-state index contributed by atoms with van der Waals surface area (Å²) in [6, 6.07) is 5.18. The first kappa shape index (κ1) is 12.7. The highest BCUT2D eigenvalue weighted by molar-refractivity contribution is 6.29. The zero-order valence-corrected chi connectivity index (χ0v) is 9.75. The highest BCUT2D eigenvalue weighted by Crippen LogP contribution is 2.08. The summed E-state index contributed by atoms with van der Waals surface area (Å²) in [5.41, 5.74) is 0. The summed E-state index contributed by atoms with van der Waals surface area (Å²) in [4.78, 5) is 15.3. The standard InChI is InChI=1S/C10H14ClN3O2/c1-16-6-5-12-10(15)7-13-9-4-2-3-8(11)14-9/h2-4H,5-7H2,1H3,(H,12,15)(H,13,14). The number of anilines is 1. The predicted octanol–water partition coefficient (Wildman–Crippen LogP) is 0.909. The molecule has 0 aliphatic heterocycles. The molecule has 1 rings (SSSR count).